The monoisotopic (exact) mass is 309 g/mol. The van der Waals surface area contributed by atoms with Gasteiger partial charge in [0.15, 0.2) is 0 Å². The molecule has 0 radical (unpaired) electrons. The molecule has 2 fully saturated rings. The maximum atomic E-state index is 10.7. The highest BCUT2D eigenvalue weighted by Gasteiger charge is 2.46. The first kappa shape index (κ1) is 10.5. The van der Waals surface area contributed by atoms with Gasteiger partial charge in [-0.3, -0.25) is 0 Å². The molecule has 4 heteroatoms. The Balaban J connectivity index is 1.82. The van der Waals surface area contributed by atoms with E-state index in [1.54, 1.807) is 4.90 Å². The molecule has 2 rings (SSSR count). The minimum atomic E-state index is -0.744. The normalized spacial score (nSPS) is 26.2. The predicted molar refractivity (Wildman–Crippen MR) is 62.9 cm³/mol. The van der Waals surface area contributed by atoms with E-state index in [9.17, 15) is 4.79 Å². The summed E-state index contributed by atoms with van der Waals surface area (Å²) in [5.74, 6) is 0.889. The van der Waals surface area contributed by atoms with E-state index in [0.717, 1.165) is 19.0 Å². The standard InChI is InChI=1S/C10H16INO2/c11-5-8-1-3-10(4-2-8)6-12(7-10)9(13)14/h8H,1-7H2,(H,13,14). The van der Waals surface area contributed by atoms with Crippen molar-refractivity contribution in [2.75, 3.05) is 17.5 Å². The first-order valence-electron chi connectivity index (χ1n) is 5.19. The van der Waals surface area contributed by atoms with Crippen LogP contribution in [0.3, 0.4) is 0 Å². The molecule has 0 aromatic carbocycles. The Labute approximate surface area is 98.0 Å². The number of nitrogens with zero attached hydrogens (tertiary/aromatic N) is 1. The lowest BCUT2D eigenvalue weighted by molar-refractivity contribution is -0.0227. The van der Waals surface area contributed by atoms with Crippen LogP contribution in [-0.2, 0) is 0 Å². The summed E-state index contributed by atoms with van der Waals surface area (Å²) >= 11 is 2.46. The highest BCUT2D eigenvalue weighted by atomic mass is 127. The molecule has 80 valence electrons. The smallest absolute Gasteiger partial charge is 0.407 e. The van der Waals surface area contributed by atoms with Crippen molar-refractivity contribution in [3.05, 3.63) is 0 Å². The van der Waals surface area contributed by atoms with Crippen LogP contribution >= 0.6 is 22.6 Å². The fourth-order valence-electron chi connectivity index (χ4n) is 2.66. The summed E-state index contributed by atoms with van der Waals surface area (Å²) in [7, 11) is 0. The van der Waals surface area contributed by atoms with Crippen LogP contribution in [0.2, 0.25) is 0 Å². The molecule has 0 unspecified atom stereocenters. The number of hydrogen-bond acceptors (Lipinski definition) is 1. The Hall–Kier alpha value is 0. The van der Waals surface area contributed by atoms with Crippen molar-refractivity contribution in [2.45, 2.75) is 25.7 Å². The van der Waals surface area contributed by atoms with Crippen molar-refractivity contribution < 1.29 is 9.90 Å². The van der Waals surface area contributed by atoms with Crippen LogP contribution in [0.5, 0.6) is 0 Å². The lowest BCUT2D eigenvalue weighted by Crippen LogP contribution is -2.59. The van der Waals surface area contributed by atoms with E-state index >= 15 is 0 Å². The van der Waals surface area contributed by atoms with Gasteiger partial charge in [0.2, 0.25) is 0 Å². The molecule has 1 saturated heterocycles. The highest BCUT2D eigenvalue weighted by Crippen LogP contribution is 2.45. The molecule has 0 aromatic rings. The van der Waals surface area contributed by atoms with Gasteiger partial charge in [0.05, 0.1) is 0 Å². The number of carbonyl (C=O) groups is 1. The van der Waals surface area contributed by atoms with E-state index in [2.05, 4.69) is 22.6 Å². The number of alkyl halides is 1. The fraction of sp³-hybridized carbons (Fsp3) is 0.900. The summed E-state index contributed by atoms with van der Waals surface area (Å²) in [6.45, 7) is 1.58. The zero-order valence-electron chi connectivity index (χ0n) is 8.21. The van der Waals surface area contributed by atoms with Gasteiger partial charge in [-0.1, -0.05) is 22.6 Å². The fourth-order valence-corrected chi connectivity index (χ4v) is 3.54. The van der Waals surface area contributed by atoms with Gasteiger partial charge in [-0.2, -0.15) is 0 Å². The van der Waals surface area contributed by atoms with Crippen LogP contribution in [0, 0.1) is 11.3 Å². The van der Waals surface area contributed by atoms with E-state index in [0.29, 0.717) is 5.41 Å². The van der Waals surface area contributed by atoms with Gasteiger partial charge < -0.3 is 10.0 Å². The van der Waals surface area contributed by atoms with Gasteiger partial charge in [0.1, 0.15) is 0 Å². The molecule has 1 N–H and O–H groups in total. The summed E-state index contributed by atoms with van der Waals surface area (Å²) in [4.78, 5) is 12.2. The topological polar surface area (TPSA) is 40.5 Å². The maximum Gasteiger partial charge on any atom is 0.407 e. The Bertz CT molecular complexity index is 228. The first-order chi connectivity index (χ1) is 6.65. The predicted octanol–water partition coefficient (Wildman–Crippen LogP) is 2.59. The second-order valence-corrected chi connectivity index (χ2v) is 5.62. The Morgan fingerprint density at radius 3 is 2.43 bits per heavy atom. The Kier molecular flexibility index (Phi) is 2.91. The van der Waals surface area contributed by atoms with E-state index in [1.807, 2.05) is 0 Å². The number of likely N-dealkylation sites (tertiary alicyclic amines) is 1. The van der Waals surface area contributed by atoms with Crippen molar-refractivity contribution in [2.24, 2.45) is 11.3 Å². The minimum absolute atomic E-state index is 0.376. The molecule has 2 aliphatic rings. The summed E-state index contributed by atoms with van der Waals surface area (Å²) in [5, 5.41) is 8.77. The van der Waals surface area contributed by atoms with Crippen LogP contribution in [0.15, 0.2) is 0 Å². The molecule has 0 aromatic heterocycles. The molecule has 1 aliphatic carbocycles. The molecular weight excluding hydrogens is 293 g/mol. The van der Waals surface area contributed by atoms with E-state index in [4.69, 9.17) is 5.11 Å². The van der Waals surface area contributed by atoms with Crippen LogP contribution < -0.4 is 0 Å². The molecule has 1 saturated carbocycles. The molecule has 0 bridgehead atoms. The SMILES string of the molecule is O=C(O)N1CC2(CCC(CI)CC2)C1. The third-order valence-corrected chi connectivity index (χ3v) is 4.95. The number of carboxylic acid groups (broad SMARTS) is 1. The summed E-state index contributed by atoms with van der Waals surface area (Å²) < 4.78 is 1.26. The minimum Gasteiger partial charge on any atom is -0.465 e. The molecule has 14 heavy (non-hydrogen) atoms. The first-order valence-corrected chi connectivity index (χ1v) is 6.72. The van der Waals surface area contributed by atoms with Crippen LogP contribution in [0.4, 0.5) is 4.79 Å². The zero-order valence-corrected chi connectivity index (χ0v) is 10.4. The van der Waals surface area contributed by atoms with Gasteiger partial charge in [-0.05, 0) is 31.6 Å². The molecule has 1 spiro atoms. The maximum absolute atomic E-state index is 10.7. The summed E-state index contributed by atoms with van der Waals surface area (Å²) in [6.07, 6.45) is 4.34. The Morgan fingerprint density at radius 1 is 1.43 bits per heavy atom. The van der Waals surface area contributed by atoms with E-state index in [1.165, 1.54) is 30.1 Å². The van der Waals surface area contributed by atoms with Gasteiger partial charge in [-0.15, -0.1) is 0 Å². The quantitative estimate of drug-likeness (QED) is 0.597. The molecule has 0 atom stereocenters. The second kappa shape index (κ2) is 3.87. The summed E-state index contributed by atoms with van der Waals surface area (Å²) in [5.41, 5.74) is 0.376. The lowest BCUT2D eigenvalue weighted by Gasteiger charge is -2.52. The molecule has 1 aliphatic heterocycles. The zero-order chi connectivity index (χ0) is 10.2. The van der Waals surface area contributed by atoms with Gasteiger partial charge in [-0.25, -0.2) is 4.79 Å². The average molecular weight is 309 g/mol. The molecule has 1 amide bonds. The van der Waals surface area contributed by atoms with E-state index in [-0.39, 0.29) is 0 Å². The number of hydrogen-bond donors (Lipinski definition) is 1. The highest BCUT2D eigenvalue weighted by molar-refractivity contribution is 14.1. The van der Waals surface area contributed by atoms with Crippen LogP contribution in [-0.4, -0.2) is 33.6 Å². The lowest BCUT2D eigenvalue weighted by atomic mass is 9.66. The van der Waals surface area contributed by atoms with Gasteiger partial charge in [0.25, 0.3) is 0 Å². The van der Waals surface area contributed by atoms with Crippen molar-refractivity contribution in [3.8, 4) is 0 Å². The average Bonchev–Trinajstić information content (AvgIpc) is 2.14. The molecule has 3 nitrogen and oxygen atoms in total. The van der Waals surface area contributed by atoms with Crippen molar-refractivity contribution >= 4 is 28.7 Å². The number of amides is 1. The van der Waals surface area contributed by atoms with Gasteiger partial charge >= 0.3 is 6.09 Å². The number of rotatable bonds is 1. The van der Waals surface area contributed by atoms with Crippen LogP contribution in [0.1, 0.15) is 25.7 Å². The largest absolute Gasteiger partial charge is 0.465 e. The van der Waals surface area contributed by atoms with E-state index < -0.39 is 6.09 Å². The van der Waals surface area contributed by atoms with Crippen LogP contribution in [0.25, 0.3) is 0 Å². The van der Waals surface area contributed by atoms with Gasteiger partial charge in [0, 0.05) is 22.9 Å². The number of halogens is 1. The molecule has 1 heterocycles. The second-order valence-electron chi connectivity index (χ2n) is 4.74. The van der Waals surface area contributed by atoms with Crippen molar-refractivity contribution in [3.63, 3.8) is 0 Å². The third kappa shape index (κ3) is 1.85. The summed E-state index contributed by atoms with van der Waals surface area (Å²) in [6, 6.07) is 0. The third-order valence-electron chi connectivity index (χ3n) is 3.71. The van der Waals surface area contributed by atoms with Crippen molar-refractivity contribution in [1.82, 2.24) is 4.90 Å². The Morgan fingerprint density at radius 2 is 2.00 bits per heavy atom. The molecular formula is C10H16INO2. The van der Waals surface area contributed by atoms with Crippen molar-refractivity contribution in [1.29, 1.82) is 0 Å².